The van der Waals surface area contributed by atoms with Crippen LogP contribution in [-0.4, -0.2) is 19.1 Å². The second-order valence-corrected chi connectivity index (χ2v) is 4.99. The molecule has 5 heteroatoms. The summed E-state index contributed by atoms with van der Waals surface area (Å²) in [5, 5.41) is 2.70. The van der Waals surface area contributed by atoms with Crippen LogP contribution < -0.4 is 14.8 Å². The van der Waals surface area contributed by atoms with Gasteiger partial charge in [-0.25, -0.2) is 4.39 Å². The van der Waals surface area contributed by atoms with Gasteiger partial charge < -0.3 is 14.8 Å². The lowest BCUT2D eigenvalue weighted by atomic mass is 10.1. The normalized spacial score (nSPS) is 10.4. The van der Waals surface area contributed by atoms with Gasteiger partial charge in [0, 0.05) is 11.3 Å². The molecule has 0 aliphatic heterocycles. The summed E-state index contributed by atoms with van der Waals surface area (Å²) in [6, 6.07) is 10.5. The fourth-order valence-corrected chi connectivity index (χ4v) is 1.90. The molecule has 1 amide bonds. The third-order valence-electron chi connectivity index (χ3n) is 2.89. The lowest BCUT2D eigenvalue weighted by Crippen LogP contribution is -2.13. The van der Waals surface area contributed by atoms with Crippen LogP contribution in [0.25, 0.3) is 0 Å². The molecule has 0 atom stereocenters. The van der Waals surface area contributed by atoms with Gasteiger partial charge in [0.1, 0.15) is 5.82 Å². The van der Waals surface area contributed by atoms with Crippen molar-refractivity contribution in [3.8, 4) is 11.5 Å². The average molecular weight is 303 g/mol. The van der Waals surface area contributed by atoms with E-state index >= 15 is 0 Å². The molecule has 2 aromatic carbocycles. The van der Waals surface area contributed by atoms with E-state index < -0.39 is 0 Å². The van der Waals surface area contributed by atoms with E-state index in [4.69, 9.17) is 9.47 Å². The van der Waals surface area contributed by atoms with Gasteiger partial charge in [-0.3, -0.25) is 4.79 Å². The molecular formula is C17H18FNO3. The molecule has 1 N–H and O–H groups in total. The van der Waals surface area contributed by atoms with E-state index in [2.05, 4.69) is 5.32 Å². The number of methoxy groups -OCH3 is 1. The number of nitrogens with one attached hydrogen (secondary N) is 1. The van der Waals surface area contributed by atoms with Crippen molar-refractivity contribution in [2.75, 3.05) is 12.4 Å². The van der Waals surface area contributed by atoms with Crippen molar-refractivity contribution in [2.45, 2.75) is 20.0 Å². The Balaban J connectivity index is 2.17. The van der Waals surface area contributed by atoms with E-state index in [9.17, 15) is 9.18 Å². The lowest BCUT2D eigenvalue weighted by Gasteiger charge is -2.14. The molecule has 0 saturated heterocycles. The highest BCUT2D eigenvalue weighted by Gasteiger charge is 2.12. The average Bonchev–Trinajstić information content (AvgIpc) is 2.49. The summed E-state index contributed by atoms with van der Waals surface area (Å²) >= 11 is 0. The van der Waals surface area contributed by atoms with Crippen molar-refractivity contribution in [2.24, 2.45) is 0 Å². The second-order valence-electron chi connectivity index (χ2n) is 4.99. The molecule has 2 rings (SSSR count). The van der Waals surface area contributed by atoms with E-state index in [1.807, 2.05) is 13.8 Å². The number of rotatable bonds is 5. The van der Waals surface area contributed by atoms with Gasteiger partial charge in [-0.2, -0.15) is 0 Å². The molecule has 0 aromatic heterocycles. The van der Waals surface area contributed by atoms with Crippen molar-refractivity contribution < 1.29 is 18.7 Å². The van der Waals surface area contributed by atoms with Crippen LogP contribution in [0, 0.1) is 5.82 Å². The molecule has 0 fully saturated rings. The summed E-state index contributed by atoms with van der Waals surface area (Å²) in [5.74, 6) is 0.409. The van der Waals surface area contributed by atoms with Gasteiger partial charge in [-0.05, 0) is 56.3 Å². The van der Waals surface area contributed by atoms with E-state index in [1.165, 1.54) is 31.4 Å². The summed E-state index contributed by atoms with van der Waals surface area (Å²) in [5.41, 5.74) is 0.949. The molecule has 0 unspecified atom stereocenters. The van der Waals surface area contributed by atoms with Crippen LogP contribution in [0.4, 0.5) is 10.1 Å². The van der Waals surface area contributed by atoms with Gasteiger partial charge in [0.2, 0.25) is 0 Å². The van der Waals surface area contributed by atoms with Gasteiger partial charge in [0.05, 0.1) is 13.2 Å². The van der Waals surface area contributed by atoms with E-state index in [1.54, 1.807) is 18.2 Å². The molecule has 0 bridgehead atoms. The predicted molar refractivity (Wildman–Crippen MR) is 83.1 cm³/mol. The van der Waals surface area contributed by atoms with Crippen molar-refractivity contribution in [1.29, 1.82) is 0 Å². The Morgan fingerprint density at radius 2 is 1.77 bits per heavy atom. The molecule has 116 valence electrons. The zero-order valence-electron chi connectivity index (χ0n) is 12.7. The first-order valence-corrected chi connectivity index (χ1v) is 6.91. The monoisotopic (exact) mass is 303 g/mol. The highest BCUT2D eigenvalue weighted by molar-refractivity contribution is 6.04. The van der Waals surface area contributed by atoms with E-state index in [0.717, 1.165) is 0 Å². The Hall–Kier alpha value is -2.56. The summed E-state index contributed by atoms with van der Waals surface area (Å²) in [6.45, 7) is 3.82. The van der Waals surface area contributed by atoms with Crippen LogP contribution in [0.3, 0.4) is 0 Å². The number of benzene rings is 2. The molecule has 0 aliphatic rings. The smallest absolute Gasteiger partial charge is 0.255 e. The first-order chi connectivity index (χ1) is 10.5. The number of halogens is 1. The highest BCUT2D eigenvalue weighted by Crippen LogP contribution is 2.29. The van der Waals surface area contributed by atoms with Gasteiger partial charge in [0.15, 0.2) is 11.5 Å². The number of hydrogen-bond acceptors (Lipinski definition) is 3. The number of anilines is 1. The molecule has 22 heavy (non-hydrogen) atoms. The first kappa shape index (κ1) is 15.8. The molecule has 0 saturated carbocycles. The van der Waals surface area contributed by atoms with Crippen LogP contribution in [0.15, 0.2) is 42.5 Å². The molecule has 0 radical (unpaired) electrons. The predicted octanol–water partition coefficient (Wildman–Crippen LogP) is 3.87. The van der Waals surface area contributed by atoms with Gasteiger partial charge >= 0.3 is 0 Å². The lowest BCUT2D eigenvalue weighted by molar-refractivity contribution is 0.102. The quantitative estimate of drug-likeness (QED) is 0.912. The minimum absolute atomic E-state index is 0.00721. The topological polar surface area (TPSA) is 47.6 Å². The SMILES string of the molecule is COc1cc(C(=O)Nc2ccc(F)cc2)ccc1OC(C)C. The Morgan fingerprint density at radius 3 is 2.36 bits per heavy atom. The minimum Gasteiger partial charge on any atom is -0.493 e. The van der Waals surface area contributed by atoms with E-state index in [-0.39, 0.29) is 17.8 Å². The van der Waals surface area contributed by atoms with Crippen LogP contribution in [0.1, 0.15) is 24.2 Å². The molecule has 0 aliphatic carbocycles. The van der Waals surface area contributed by atoms with Gasteiger partial charge in [0.25, 0.3) is 5.91 Å². The molecule has 2 aromatic rings. The number of amides is 1. The minimum atomic E-state index is -0.352. The van der Waals surface area contributed by atoms with Crippen LogP contribution in [0.5, 0.6) is 11.5 Å². The van der Waals surface area contributed by atoms with Crippen LogP contribution in [-0.2, 0) is 0 Å². The first-order valence-electron chi connectivity index (χ1n) is 6.91. The Kier molecular flexibility index (Phi) is 4.99. The fraction of sp³-hybridized carbons (Fsp3) is 0.235. The molecule has 0 spiro atoms. The Morgan fingerprint density at radius 1 is 1.09 bits per heavy atom. The maximum absolute atomic E-state index is 12.9. The van der Waals surface area contributed by atoms with Gasteiger partial charge in [-0.1, -0.05) is 0 Å². The Bertz CT molecular complexity index is 653. The molecule has 4 nitrogen and oxygen atoms in total. The fourth-order valence-electron chi connectivity index (χ4n) is 1.90. The zero-order valence-corrected chi connectivity index (χ0v) is 12.7. The third kappa shape index (κ3) is 3.97. The standard InChI is InChI=1S/C17H18FNO3/c1-11(2)22-15-9-4-12(10-16(15)21-3)17(20)19-14-7-5-13(18)6-8-14/h4-11H,1-3H3,(H,19,20). The molecular weight excluding hydrogens is 285 g/mol. The van der Waals surface area contributed by atoms with Crippen LogP contribution in [0.2, 0.25) is 0 Å². The van der Waals surface area contributed by atoms with E-state index in [0.29, 0.717) is 22.7 Å². The third-order valence-corrected chi connectivity index (χ3v) is 2.89. The largest absolute Gasteiger partial charge is 0.493 e. The summed E-state index contributed by atoms with van der Waals surface area (Å²) in [7, 11) is 1.52. The maximum atomic E-state index is 12.9. The van der Waals surface area contributed by atoms with Crippen molar-refractivity contribution in [1.82, 2.24) is 0 Å². The summed E-state index contributed by atoms with van der Waals surface area (Å²) < 4.78 is 23.7. The number of carbonyl (C=O) groups excluding carboxylic acids is 1. The second kappa shape index (κ2) is 6.93. The zero-order chi connectivity index (χ0) is 16.1. The Labute approximate surface area is 128 Å². The number of hydrogen-bond donors (Lipinski definition) is 1. The van der Waals surface area contributed by atoms with Crippen molar-refractivity contribution in [3.05, 3.63) is 53.8 Å². The van der Waals surface area contributed by atoms with Crippen molar-refractivity contribution >= 4 is 11.6 Å². The summed E-state index contributed by atoms with van der Waals surface area (Å²) in [4.78, 5) is 12.2. The highest BCUT2D eigenvalue weighted by atomic mass is 19.1. The summed E-state index contributed by atoms with van der Waals surface area (Å²) in [6.07, 6.45) is 0.00721. The van der Waals surface area contributed by atoms with Crippen LogP contribution >= 0.6 is 0 Å². The maximum Gasteiger partial charge on any atom is 0.255 e. The number of carbonyl (C=O) groups is 1. The molecule has 0 heterocycles. The number of ether oxygens (including phenoxy) is 2. The van der Waals surface area contributed by atoms with Gasteiger partial charge in [-0.15, -0.1) is 0 Å². The van der Waals surface area contributed by atoms with Crippen molar-refractivity contribution in [3.63, 3.8) is 0 Å².